The summed E-state index contributed by atoms with van der Waals surface area (Å²) < 4.78 is 96.2. The van der Waals surface area contributed by atoms with Crippen LogP contribution < -0.4 is 15.4 Å². The van der Waals surface area contributed by atoms with Crippen LogP contribution in [0.3, 0.4) is 0 Å². The summed E-state index contributed by atoms with van der Waals surface area (Å²) in [6.45, 7) is 2.44. The first-order chi connectivity index (χ1) is 19.0. The predicted molar refractivity (Wildman–Crippen MR) is 132 cm³/mol. The van der Waals surface area contributed by atoms with E-state index < -0.39 is 65.8 Å². The molecule has 0 bridgehead atoms. The van der Waals surface area contributed by atoms with Gasteiger partial charge in [0.2, 0.25) is 0 Å². The van der Waals surface area contributed by atoms with E-state index in [4.69, 9.17) is 19.9 Å². The molecule has 0 fully saturated rings. The number of alkyl halides is 6. The summed E-state index contributed by atoms with van der Waals surface area (Å²) in [6.07, 6.45) is -12.1. The van der Waals surface area contributed by atoms with Crippen LogP contribution in [0.1, 0.15) is 58.9 Å². The van der Waals surface area contributed by atoms with E-state index in [9.17, 15) is 40.7 Å². The Morgan fingerprint density at radius 1 is 1.00 bits per heavy atom. The summed E-state index contributed by atoms with van der Waals surface area (Å²) in [7, 11) is 2.23. The molecule has 224 valence electrons. The van der Waals surface area contributed by atoms with E-state index in [2.05, 4.69) is 0 Å². The molecule has 0 saturated carbocycles. The van der Waals surface area contributed by atoms with Gasteiger partial charge in [0.15, 0.2) is 0 Å². The number of primary amides is 1. The summed E-state index contributed by atoms with van der Waals surface area (Å²) in [6, 6.07) is 1.80. The molecule has 3 amide bonds. The van der Waals surface area contributed by atoms with Gasteiger partial charge in [-0.15, -0.1) is 0 Å². The zero-order chi connectivity index (χ0) is 30.9. The van der Waals surface area contributed by atoms with Gasteiger partial charge in [0, 0.05) is 18.2 Å². The smallest absolute Gasteiger partial charge is 0.416 e. The van der Waals surface area contributed by atoms with Crippen LogP contribution in [0, 0.1) is 0 Å². The number of carbonyl (C=O) groups is 3. The van der Waals surface area contributed by atoms with Crippen molar-refractivity contribution in [3.8, 4) is 5.75 Å². The Hall–Kier alpha value is -4.17. The fourth-order valence-corrected chi connectivity index (χ4v) is 4.71. The highest BCUT2D eigenvalue weighted by atomic mass is 19.4. The number of fused-ring (bicyclic) bond motifs is 1. The van der Waals surface area contributed by atoms with Crippen LogP contribution in [-0.2, 0) is 28.4 Å². The number of anilines is 1. The van der Waals surface area contributed by atoms with Gasteiger partial charge in [0.05, 0.1) is 49.2 Å². The highest BCUT2D eigenvalue weighted by Crippen LogP contribution is 2.45. The third kappa shape index (κ3) is 6.60. The van der Waals surface area contributed by atoms with Crippen molar-refractivity contribution in [1.82, 2.24) is 4.90 Å². The number of nitrogens with zero attached hydrogens (tertiary/aromatic N) is 2. The number of ether oxygens (including phenoxy) is 3. The van der Waals surface area contributed by atoms with Crippen molar-refractivity contribution < 1.29 is 54.9 Å². The Labute approximate surface area is 230 Å². The number of halogens is 6. The molecule has 1 aliphatic heterocycles. The third-order valence-electron chi connectivity index (χ3n) is 6.49. The SMILES string of the molecule is CCOC(=O)N1c2cc(C(N)=O)c(OC)cc2[C@H](N(Cc2cc(C(F)(F)F)cc(C(F)(F)F)c2)C(=O)OC)C[C@@H]1C. The number of hydrogen-bond acceptors (Lipinski definition) is 6. The second-order valence-electron chi connectivity index (χ2n) is 9.16. The molecule has 9 nitrogen and oxygen atoms in total. The molecule has 0 radical (unpaired) electrons. The fraction of sp³-hybridized carbons (Fsp3) is 0.423. The molecular formula is C26H27F6N3O6. The number of rotatable bonds is 6. The van der Waals surface area contributed by atoms with Gasteiger partial charge in [-0.2, -0.15) is 26.3 Å². The molecule has 0 saturated heterocycles. The van der Waals surface area contributed by atoms with Crippen molar-refractivity contribution in [1.29, 1.82) is 0 Å². The van der Waals surface area contributed by atoms with Crippen LogP contribution >= 0.6 is 0 Å². The lowest BCUT2D eigenvalue weighted by Gasteiger charge is -2.42. The Balaban J connectivity index is 2.23. The van der Waals surface area contributed by atoms with E-state index in [0.29, 0.717) is 12.1 Å². The van der Waals surface area contributed by atoms with Gasteiger partial charge in [0.25, 0.3) is 5.91 Å². The largest absolute Gasteiger partial charge is 0.496 e. The van der Waals surface area contributed by atoms with Crippen molar-refractivity contribution in [2.75, 3.05) is 25.7 Å². The van der Waals surface area contributed by atoms with Gasteiger partial charge in [-0.3, -0.25) is 14.6 Å². The number of carbonyl (C=O) groups excluding carboxylic acids is 3. The number of nitrogens with two attached hydrogens (primary N) is 1. The van der Waals surface area contributed by atoms with Crippen LogP contribution in [-0.4, -0.2) is 49.9 Å². The first-order valence-corrected chi connectivity index (χ1v) is 12.1. The molecule has 0 unspecified atom stereocenters. The van der Waals surface area contributed by atoms with Crippen LogP contribution in [0.5, 0.6) is 5.75 Å². The summed E-state index contributed by atoms with van der Waals surface area (Å²) in [5.41, 5.74) is 2.05. The molecular weight excluding hydrogens is 564 g/mol. The topological polar surface area (TPSA) is 111 Å². The van der Waals surface area contributed by atoms with Crippen LogP contribution in [0.2, 0.25) is 0 Å². The maximum Gasteiger partial charge on any atom is 0.416 e. The molecule has 0 aliphatic carbocycles. The lowest BCUT2D eigenvalue weighted by molar-refractivity contribution is -0.143. The molecule has 2 aromatic carbocycles. The van der Waals surface area contributed by atoms with Crippen molar-refractivity contribution >= 4 is 23.8 Å². The predicted octanol–water partition coefficient (Wildman–Crippen LogP) is 5.90. The molecule has 2 aromatic rings. The van der Waals surface area contributed by atoms with Crippen molar-refractivity contribution in [3.63, 3.8) is 0 Å². The molecule has 0 aromatic heterocycles. The van der Waals surface area contributed by atoms with E-state index in [-0.39, 0.29) is 41.7 Å². The van der Waals surface area contributed by atoms with Gasteiger partial charge >= 0.3 is 24.5 Å². The second-order valence-corrected chi connectivity index (χ2v) is 9.16. The minimum atomic E-state index is -5.10. The standard InChI is InChI=1S/C26H27F6N3O6/c1-5-41-24(38)35-13(2)6-19(17-11-21(39-3)18(22(33)36)10-20(17)35)34(23(37)40-4)12-14-7-15(25(27,28)29)9-16(8-14)26(30,31)32/h7-11,13,19H,5-6,12H2,1-4H3,(H2,33,36)/t13-,19+/m0/s1. The summed E-state index contributed by atoms with van der Waals surface area (Å²) in [5.74, 6) is -0.945. The van der Waals surface area contributed by atoms with Crippen molar-refractivity contribution in [2.24, 2.45) is 5.73 Å². The van der Waals surface area contributed by atoms with Crippen LogP contribution in [0.4, 0.5) is 41.6 Å². The fourth-order valence-electron chi connectivity index (χ4n) is 4.71. The molecule has 2 N–H and O–H groups in total. The monoisotopic (exact) mass is 591 g/mol. The number of benzene rings is 2. The Morgan fingerprint density at radius 2 is 1.59 bits per heavy atom. The maximum atomic E-state index is 13.5. The van der Waals surface area contributed by atoms with E-state index in [0.717, 1.165) is 12.0 Å². The molecule has 15 heteroatoms. The van der Waals surface area contributed by atoms with E-state index in [1.807, 2.05) is 0 Å². The van der Waals surface area contributed by atoms with Gasteiger partial charge in [-0.1, -0.05) is 0 Å². The Bertz CT molecular complexity index is 1300. The average Bonchev–Trinajstić information content (AvgIpc) is 2.89. The molecule has 1 heterocycles. The quantitative estimate of drug-likeness (QED) is 0.419. The minimum absolute atomic E-state index is 0.00498. The van der Waals surface area contributed by atoms with E-state index in [1.165, 1.54) is 24.1 Å². The zero-order valence-electron chi connectivity index (χ0n) is 22.4. The second kappa shape index (κ2) is 11.7. The van der Waals surface area contributed by atoms with Gasteiger partial charge in [0.1, 0.15) is 5.75 Å². The summed E-state index contributed by atoms with van der Waals surface area (Å²) in [4.78, 5) is 40.1. The van der Waals surface area contributed by atoms with Gasteiger partial charge in [-0.25, -0.2) is 9.59 Å². The number of hydrogen-bond donors (Lipinski definition) is 1. The molecule has 1 aliphatic rings. The highest BCUT2D eigenvalue weighted by Gasteiger charge is 2.42. The third-order valence-corrected chi connectivity index (χ3v) is 6.49. The van der Waals surface area contributed by atoms with Crippen molar-refractivity contribution in [3.05, 3.63) is 58.1 Å². The molecule has 0 spiro atoms. The molecule has 41 heavy (non-hydrogen) atoms. The summed E-state index contributed by atoms with van der Waals surface area (Å²) in [5, 5.41) is 0. The van der Waals surface area contributed by atoms with Gasteiger partial charge in [-0.05, 0) is 56.2 Å². The van der Waals surface area contributed by atoms with Crippen molar-refractivity contribution in [2.45, 2.75) is 51.2 Å². The average molecular weight is 592 g/mol. The first-order valence-electron chi connectivity index (χ1n) is 12.1. The number of methoxy groups -OCH3 is 2. The normalized spacial score (nSPS) is 17.0. The Morgan fingerprint density at radius 3 is 2.05 bits per heavy atom. The molecule has 2 atom stereocenters. The highest BCUT2D eigenvalue weighted by molar-refractivity contribution is 5.99. The minimum Gasteiger partial charge on any atom is -0.496 e. The zero-order valence-corrected chi connectivity index (χ0v) is 22.4. The first kappa shape index (κ1) is 31.4. The summed E-state index contributed by atoms with van der Waals surface area (Å²) >= 11 is 0. The lowest BCUT2D eigenvalue weighted by Crippen LogP contribution is -2.47. The van der Waals surface area contributed by atoms with E-state index >= 15 is 0 Å². The van der Waals surface area contributed by atoms with Crippen LogP contribution in [0.15, 0.2) is 30.3 Å². The van der Waals surface area contributed by atoms with Crippen LogP contribution in [0.25, 0.3) is 0 Å². The number of amides is 3. The van der Waals surface area contributed by atoms with Gasteiger partial charge < -0.3 is 19.9 Å². The lowest BCUT2D eigenvalue weighted by atomic mass is 9.89. The maximum absolute atomic E-state index is 13.5. The molecule has 3 rings (SSSR count). The van der Waals surface area contributed by atoms with E-state index in [1.54, 1.807) is 13.8 Å². The Kier molecular flexibility index (Phi) is 8.98.